The van der Waals surface area contributed by atoms with Crippen molar-refractivity contribution >= 4 is 21.8 Å². The average Bonchev–Trinajstić information content (AvgIpc) is 2.41. The summed E-state index contributed by atoms with van der Waals surface area (Å²) in [7, 11) is -0.868. The Kier molecular flexibility index (Phi) is 8.07. The second-order valence-corrected chi connectivity index (χ2v) is 5.97. The Bertz CT molecular complexity index is 547. The molecule has 0 aliphatic carbocycles. The summed E-state index contributed by atoms with van der Waals surface area (Å²) >= 11 is 0. The summed E-state index contributed by atoms with van der Waals surface area (Å²) in [6.07, 6.45) is 6.06. The molecule has 0 aromatic rings. The standard InChI is InChI=1S/C13H19NO6S/c1-5-12(15)20-10-9-14(2)8-6-7-11(13(16)19-3)21(4,17)18/h5-8H,1,9-10H2,2-4H3. The largest absolute Gasteiger partial charge is 0.465 e. The van der Waals surface area contributed by atoms with Gasteiger partial charge in [-0.3, -0.25) is 0 Å². The van der Waals surface area contributed by atoms with E-state index in [1.54, 1.807) is 11.9 Å². The third kappa shape index (κ3) is 7.93. The molecule has 7 nitrogen and oxygen atoms in total. The van der Waals surface area contributed by atoms with Gasteiger partial charge in [0.15, 0.2) is 14.7 Å². The van der Waals surface area contributed by atoms with Crippen molar-refractivity contribution in [2.24, 2.45) is 0 Å². The topological polar surface area (TPSA) is 90.0 Å². The third-order valence-electron chi connectivity index (χ3n) is 2.23. The van der Waals surface area contributed by atoms with Crippen LogP contribution < -0.4 is 0 Å². The van der Waals surface area contributed by atoms with Gasteiger partial charge in [0.25, 0.3) is 0 Å². The summed E-state index contributed by atoms with van der Waals surface area (Å²) in [6.45, 7) is 3.82. The second-order valence-electron chi connectivity index (χ2n) is 3.99. The van der Waals surface area contributed by atoms with Gasteiger partial charge in [0.1, 0.15) is 6.61 Å². The summed E-state index contributed by atoms with van der Waals surface area (Å²) < 4.78 is 32.0. The van der Waals surface area contributed by atoms with Crippen molar-refractivity contribution in [3.8, 4) is 0 Å². The molecule has 0 aromatic heterocycles. The number of carbonyl (C=O) groups excluding carboxylic acids is 2. The van der Waals surface area contributed by atoms with Crippen molar-refractivity contribution in [1.29, 1.82) is 0 Å². The molecule has 0 bridgehead atoms. The molecule has 0 atom stereocenters. The van der Waals surface area contributed by atoms with Crippen molar-refractivity contribution in [3.63, 3.8) is 0 Å². The van der Waals surface area contributed by atoms with Crippen LogP contribution in [0.2, 0.25) is 0 Å². The van der Waals surface area contributed by atoms with Gasteiger partial charge in [0.05, 0.1) is 13.7 Å². The molecular formula is C13H19NO6S. The smallest absolute Gasteiger partial charge is 0.349 e. The molecule has 0 N–H and O–H groups in total. The summed E-state index contributed by atoms with van der Waals surface area (Å²) in [5.41, 5.74) is 0. The Morgan fingerprint density at radius 1 is 1.33 bits per heavy atom. The van der Waals surface area contributed by atoms with Crippen molar-refractivity contribution in [1.82, 2.24) is 4.90 Å². The number of rotatable bonds is 8. The maximum absolute atomic E-state index is 11.4. The minimum atomic E-state index is -3.67. The van der Waals surface area contributed by atoms with Gasteiger partial charge in [0.2, 0.25) is 0 Å². The first-order chi connectivity index (χ1) is 9.72. The van der Waals surface area contributed by atoms with Crippen molar-refractivity contribution in [2.45, 2.75) is 0 Å². The van der Waals surface area contributed by atoms with Gasteiger partial charge in [-0.15, -0.1) is 0 Å². The molecule has 0 spiro atoms. The van der Waals surface area contributed by atoms with Gasteiger partial charge >= 0.3 is 11.9 Å². The highest BCUT2D eigenvalue weighted by Crippen LogP contribution is 2.07. The van der Waals surface area contributed by atoms with Crippen LogP contribution in [0.3, 0.4) is 0 Å². The average molecular weight is 317 g/mol. The van der Waals surface area contributed by atoms with Crippen LogP contribution >= 0.6 is 0 Å². The van der Waals surface area contributed by atoms with Crippen LogP contribution in [-0.2, 0) is 28.9 Å². The SMILES string of the molecule is C=CC(=O)OCCN(C)C=CC=C(C(=O)OC)S(C)(=O)=O. The van der Waals surface area contributed by atoms with Crippen LogP contribution in [0, 0.1) is 0 Å². The number of esters is 2. The fourth-order valence-corrected chi connectivity index (χ4v) is 1.86. The Morgan fingerprint density at radius 2 is 1.95 bits per heavy atom. The molecule has 0 unspecified atom stereocenters. The van der Waals surface area contributed by atoms with Gasteiger partial charge in [-0.2, -0.15) is 0 Å². The fourth-order valence-electron chi connectivity index (χ4n) is 1.14. The number of ether oxygens (including phenoxy) is 2. The van der Waals surface area contributed by atoms with E-state index in [-0.39, 0.29) is 6.61 Å². The van der Waals surface area contributed by atoms with Crippen LogP contribution in [0.25, 0.3) is 0 Å². The van der Waals surface area contributed by atoms with Crippen LogP contribution in [0.15, 0.2) is 35.9 Å². The Hall–Kier alpha value is -2.09. The Balaban J connectivity index is 4.63. The molecule has 0 rings (SSSR count). The lowest BCUT2D eigenvalue weighted by Gasteiger charge is -2.12. The highest BCUT2D eigenvalue weighted by atomic mass is 32.2. The van der Waals surface area contributed by atoms with Crippen molar-refractivity contribution in [2.75, 3.05) is 33.6 Å². The highest BCUT2D eigenvalue weighted by Gasteiger charge is 2.19. The minimum absolute atomic E-state index is 0.158. The third-order valence-corrected chi connectivity index (χ3v) is 3.33. The predicted molar refractivity (Wildman–Crippen MR) is 77.9 cm³/mol. The Morgan fingerprint density at radius 3 is 2.43 bits per heavy atom. The van der Waals surface area contributed by atoms with Crippen LogP contribution in [0.4, 0.5) is 0 Å². The molecule has 0 saturated carbocycles. The van der Waals surface area contributed by atoms with Gasteiger partial charge in [-0.1, -0.05) is 6.58 Å². The van der Waals surface area contributed by atoms with E-state index in [0.717, 1.165) is 25.5 Å². The van der Waals surface area contributed by atoms with E-state index in [2.05, 4.69) is 11.3 Å². The number of methoxy groups -OCH3 is 1. The lowest BCUT2D eigenvalue weighted by molar-refractivity contribution is -0.138. The van der Waals surface area contributed by atoms with Crippen LogP contribution in [-0.4, -0.2) is 58.8 Å². The first kappa shape index (κ1) is 18.9. The quantitative estimate of drug-likeness (QED) is 0.360. The molecule has 0 amide bonds. The first-order valence-electron chi connectivity index (χ1n) is 5.88. The van der Waals surface area contributed by atoms with E-state index in [1.165, 1.54) is 12.3 Å². The normalized spacial score (nSPS) is 12.0. The summed E-state index contributed by atoms with van der Waals surface area (Å²) in [5.74, 6) is -1.44. The maximum atomic E-state index is 11.4. The highest BCUT2D eigenvalue weighted by molar-refractivity contribution is 7.95. The number of likely N-dealkylation sites (N-methyl/N-ethyl adjacent to an activating group) is 1. The van der Waals surface area contributed by atoms with Gasteiger partial charge < -0.3 is 14.4 Å². The van der Waals surface area contributed by atoms with Gasteiger partial charge in [-0.25, -0.2) is 18.0 Å². The molecule has 0 aromatic carbocycles. The number of hydrogen-bond acceptors (Lipinski definition) is 7. The molecule has 0 fully saturated rings. The maximum Gasteiger partial charge on any atom is 0.349 e. The second kappa shape index (κ2) is 8.96. The number of nitrogens with zero attached hydrogens (tertiary/aromatic N) is 1. The predicted octanol–water partition coefficient (Wildman–Crippen LogP) is 0.263. The first-order valence-corrected chi connectivity index (χ1v) is 7.77. The molecule has 0 saturated heterocycles. The summed E-state index contributed by atoms with van der Waals surface area (Å²) in [6, 6.07) is 0. The minimum Gasteiger partial charge on any atom is -0.465 e. The van der Waals surface area contributed by atoms with Crippen LogP contribution in [0.5, 0.6) is 0 Å². The van der Waals surface area contributed by atoms with Crippen molar-refractivity contribution in [3.05, 3.63) is 35.9 Å². The number of sulfone groups is 1. The van der Waals surface area contributed by atoms with Crippen molar-refractivity contribution < 1.29 is 27.5 Å². The monoisotopic (exact) mass is 317 g/mol. The Labute approximate surface area is 124 Å². The summed E-state index contributed by atoms with van der Waals surface area (Å²) in [4.78, 5) is 23.4. The molecule has 0 radical (unpaired) electrons. The molecule has 0 aliphatic rings. The van der Waals surface area contributed by atoms with E-state index in [1.807, 2.05) is 0 Å². The zero-order chi connectivity index (χ0) is 16.5. The van der Waals surface area contributed by atoms with E-state index < -0.39 is 26.7 Å². The zero-order valence-corrected chi connectivity index (χ0v) is 13.1. The van der Waals surface area contributed by atoms with E-state index in [4.69, 9.17) is 4.74 Å². The molecule has 0 aliphatic heterocycles. The molecule has 8 heteroatoms. The van der Waals surface area contributed by atoms with Gasteiger partial charge in [-0.05, 0) is 18.4 Å². The van der Waals surface area contributed by atoms with E-state index in [0.29, 0.717) is 6.54 Å². The molecular weight excluding hydrogens is 298 g/mol. The lowest BCUT2D eigenvalue weighted by atomic mass is 10.4. The zero-order valence-electron chi connectivity index (χ0n) is 12.2. The van der Waals surface area contributed by atoms with Gasteiger partial charge in [0, 0.05) is 19.4 Å². The number of allylic oxidation sites excluding steroid dienone is 2. The number of hydrogen-bond donors (Lipinski definition) is 0. The number of carbonyl (C=O) groups is 2. The van der Waals surface area contributed by atoms with Crippen LogP contribution in [0.1, 0.15) is 0 Å². The van der Waals surface area contributed by atoms with E-state index >= 15 is 0 Å². The lowest BCUT2D eigenvalue weighted by Crippen LogP contribution is -2.18. The van der Waals surface area contributed by atoms with E-state index in [9.17, 15) is 18.0 Å². The fraction of sp³-hybridized carbons (Fsp3) is 0.385. The summed E-state index contributed by atoms with van der Waals surface area (Å²) in [5, 5.41) is 0. The molecule has 0 heterocycles. The molecule has 118 valence electrons. The molecule has 21 heavy (non-hydrogen) atoms.